The predicted octanol–water partition coefficient (Wildman–Crippen LogP) is 6.22. The van der Waals surface area contributed by atoms with Crippen molar-refractivity contribution in [1.82, 2.24) is 0 Å². The molecule has 0 aliphatic heterocycles. The number of halogens is 6. The van der Waals surface area contributed by atoms with E-state index in [2.05, 4.69) is 0 Å². The first kappa shape index (κ1) is 20.0. The van der Waals surface area contributed by atoms with E-state index in [1.807, 2.05) is 0 Å². The van der Waals surface area contributed by atoms with Crippen molar-refractivity contribution < 1.29 is 41.0 Å². The Morgan fingerprint density at radius 2 is 1.61 bits per heavy atom. The van der Waals surface area contributed by atoms with Gasteiger partial charge in [0.2, 0.25) is 0 Å². The molecule has 28 heavy (non-hydrogen) atoms. The summed E-state index contributed by atoms with van der Waals surface area (Å²) in [6, 6.07) is 7.23. The number of carbonyl (C=O) groups is 1. The lowest BCUT2D eigenvalue weighted by Crippen LogP contribution is -2.06. The Morgan fingerprint density at radius 1 is 0.964 bits per heavy atom. The highest BCUT2D eigenvalue weighted by molar-refractivity contribution is 7.19. The largest absolute Gasteiger partial charge is 0.486 e. The van der Waals surface area contributed by atoms with Crippen LogP contribution in [-0.4, -0.2) is 11.1 Å². The van der Waals surface area contributed by atoms with Gasteiger partial charge in [-0.1, -0.05) is 18.2 Å². The molecule has 0 bridgehead atoms. The zero-order valence-electron chi connectivity index (χ0n) is 13.7. The molecule has 10 heteroatoms. The number of benzene rings is 2. The number of hydrogen-bond donors (Lipinski definition) is 1. The van der Waals surface area contributed by atoms with Crippen molar-refractivity contribution in [1.29, 1.82) is 0 Å². The zero-order chi connectivity index (χ0) is 20.7. The Labute approximate surface area is 157 Å². The fourth-order valence-corrected chi connectivity index (χ4v) is 3.50. The van der Waals surface area contributed by atoms with E-state index in [1.165, 1.54) is 6.07 Å². The highest BCUT2D eigenvalue weighted by Crippen LogP contribution is 2.43. The average molecular weight is 420 g/mol. The van der Waals surface area contributed by atoms with E-state index < -0.39 is 28.8 Å². The predicted molar refractivity (Wildman–Crippen MR) is 89.6 cm³/mol. The molecule has 0 saturated heterocycles. The molecular formula is C18H10F6O3S. The van der Waals surface area contributed by atoms with E-state index >= 15 is 0 Å². The summed E-state index contributed by atoms with van der Waals surface area (Å²) in [5.74, 6) is -1.66. The van der Waals surface area contributed by atoms with Crippen LogP contribution >= 0.6 is 11.3 Å². The Kier molecular flexibility index (Phi) is 5.00. The summed E-state index contributed by atoms with van der Waals surface area (Å²) in [5.41, 5.74) is -0.901. The summed E-state index contributed by atoms with van der Waals surface area (Å²) >= 11 is 0.341. The van der Waals surface area contributed by atoms with Crippen molar-refractivity contribution in [3.63, 3.8) is 0 Å². The van der Waals surface area contributed by atoms with Gasteiger partial charge in [-0.15, -0.1) is 11.3 Å². The third-order valence-corrected chi connectivity index (χ3v) is 5.01. The first-order chi connectivity index (χ1) is 13.0. The van der Waals surface area contributed by atoms with Crippen LogP contribution in [0.1, 0.15) is 26.4 Å². The van der Waals surface area contributed by atoms with Gasteiger partial charge in [0.1, 0.15) is 17.0 Å². The van der Waals surface area contributed by atoms with Crippen molar-refractivity contribution in [2.24, 2.45) is 0 Å². The fraction of sp³-hybridized carbons (Fsp3) is 0.167. The number of alkyl halides is 6. The lowest BCUT2D eigenvalue weighted by atomic mass is 10.1. The van der Waals surface area contributed by atoms with Gasteiger partial charge in [0.15, 0.2) is 5.75 Å². The van der Waals surface area contributed by atoms with Crippen molar-refractivity contribution in [2.45, 2.75) is 19.0 Å². The number of ether oxygens (including phenoxy) is 1. The number of rotatable bonds is 4. The molecule has 3 aromatic rings. The van der Waals surface area contributed by atoms with Crippen LogP contribution in [0.3, 0.4) is 0 Å². The summed E-state index contributed by atoms with van der Waals surface area (Å²) in [7, 11) is 0. The molecule has 0 unspecified atom stereocenters. The maximum Gasteiger partial charge on any atom is 0.425 e. The molecule has 0 radical (unpaired) electrons. The second-order valence-electron chi connectivity index (χ2n) is 5.76. The van der Waals surface area contributed by atoms with E-state index in [-0.39, 0.29) is 28.0 Å². The first-order valence-corrected chi connectivity index (χ1v) is 8.44. The Morgan fingerprint density at radius 3 is 2.14 bits per heavy atom. The van der Waals surface area contributed by atoms with Crippen molar-refractivity contribution >= 4 is 27.4 Å². The van der Waals surface area contributed by atoms with E-state index in [1.54, 1.807) is 0 Å². The number of thiophene rings is 1. The molecule has 1 heterocycles. The Hall–Kier alpha value is -2.75. The third-order valence-electron chi connectivity index (χ3n) is 3.82. The highest BCUT2D eigenvalue weighted by Gasteiger charge is 2.34. The molecule has 0 atom stereocenters. The molecule has 0 aliphatic rings. The smallest absolute Gasteiger partial charge is 0.425 e. The summed E-state index contributed by atoms with van der Waals surface area (Å²) in [4.78, 5) is 10.5. The molecule has 0 fully saturated rings. The van der Waals surface area contributed by atoms with Crippen molar-refractivity contribution in [3.05, 3.63) is 64.0 Å². The summed E-state index contributed by atoms with van der Waals surface area (Å²) in [6.45, 7) is -0.309. The molecule has 0 spiro atoms. The zero-order valence-corrected chi connectivity index (χ0v) is 14.5. The minimum absolute atomic E-state index is 0.000799. The summed E-state index contributed by atoms with van der Waals surface area (Å²) in [6.07, 6.45) is -9.11. The standard InChI is InChI=1S/C18H10F6O3S/c19-17(20,21)11-4-1-9(2-5-11)8-27-14-12(16(25)26)6-3-10-7-13(18(22,23)24)28-15(10)14/h1-7H,8H2,(H,25,26). The lowest BCUT2D eigenvalue weighted by Gasteiger charge is -2.11. The maximum absolute atomic E-state index is 13.0. The molecule has 3 rings (SSSR count). The maximum atomic E-state index is 13.0. The first-order valence-electron chi connectivity index (χ1n) is 7.63. The average Bonchev–Trinajstić information content (AvgIpc) is 3.04. The van der Waals surface area contributed by atoms with Crippen LogP contribution in [0.5, 0.6) is 5.75 Å². The molecule has 1 N–H and O–H groups in total. The van der Waals surface area contributed by atoms with Gasteiger partial charge in [0, 0.05) is 0 Å². The van der Waals surface area contributed by atoms with Gasteiger partial charge in [-0.3, -0.25) is 0 Å². The number of hydrogen-bond acceptors (Lipinski definition) is 3. The minimum Gasteiger partial charge on any atom is -0.486 e. The number of aromatic carboxylic acids is 1. The van der Waals surface area contributed by atoms with Gasteiger partial charge in [-0.25, -0.2) is 4.79 Å². The lowest BCUT2D eigenvalue weighted by molar-refractivity contribution is -0.137. The molecule has 0 amide bonds. The van der Waals surface area contributed by atoms with Crippen LogP contribution in [0.4, 0.5) is 26.3 Å². The minimum atomic E-state index is -4.60. The van der Waals surface area contributed by atoms with Crippen molar-refractivity contribution in [2.75, 3.05) is 0 Å². The third kappa shape index (κ3) is 4.06. The van der Waals surface area contributed by atoms with Gasteiger partial charge in [0.05, 0.1) is 10.3 Å². The molecule has 0 aliphatic carbocycles. The van der Waals surface area contributed by atoms with E-state index in [4.69, 9.17) is 4.74 Å². The summed E-state index contributed by atoms with van der Waals surface area (Å²) in [5, 5.41) is 9.45. The van der Waals surface area contributed by atoms with Crippen LogP contribution < -0.4 is 4.74 Å². The Balaban J connectivity index is 1.95. The van der Waals surface area contributed by atoms with Crippen molar-refractivity contribution in [3.8, 4) is 5.75 Å². The fourth-order valence-electron chi connectivity index (χ4n) is 2.47. The van der Waals surface area contributed by atoms with Crippen LogP contribution in [0.2, 0.25) is 0 Å². The summed E-state index contributed by atoms with van der Waals surface area (Å²) < 4.78 is 82.1. The monoisotopic (exact) mass is 420 g/mol. The quantitative estimate of drug-likeness (QED) is 0.510. The van der Waals surface area contributed by atoms with Crippen LogP contribution in [0, 0.1) is 0 Å². The highest BCUT2D eigenvalue weighted by atomic mass is 32.1. The van der Waals surface area contributed by atoms with E-state index in [0.29, 0.717) is 16.9 Å². The molecular weight excluding hydrogens is 410 g/mol. The second kappa shape index (κ2) is 7.01. The number of carboxylic acids is 1. The molecule has 148 valence electrons. The molecule has 2 aromatic carbocycles. The molecule has 0 saturated carbocycles. The second-order valence-corrected chi connectivity index (χ2v) is 6.81. The van der Waals surface area contributed by atoms with Gasteiger partial charge < -0.3 is 9.84 Å². The topological polar surface area (TPSA) is 46.5 Å². The van der Waals surface area contributed by atoms with Crippen LogP contribution in [-0.2, 0) is 19.0 Å². The Bertz CT molecular complexity index is 1020. The number of carboxylic acid groups (broad SMARTS) is 1. The number of fused-ring (bicyclic) bond motifs is 1. The molecule has 3 nitrogen and oxygen atoms in total. The van der Waals surface area contributed by atoms with E-state index in [0.717, 1.165) is 36.4 Å². The van der Waals surface area contributed by atoms with Crippen LogP contribution in [0.15, 0.2) is 42.5 Å². The SMILES string of the molecule is O=C(O)c1ccc2cc(C(F)(F)F)sc2c1OCc1ccc(C(F)(F)F)cc1. The van der Waals surface area contributed by atoms with Gasteiger partial charge in [-0.05, 0) is 35.2 Å². The van der Waals surface area contributed by atoms with E-state index in [9.17, 15) is 36.2 Å². The van der Waals surface area contributed by atoms with Gasteiger partial charge in [0.25, 0.3) is 0 Å². The molecule has 1 aromatic heterocycles. The van der Waals surface area contributed by atoms with Gasteiger partial charge >= 0.3 is 18.3 Å². The normalized spacial score (nSPS) is 12.4. The van der Waals surface area contributed by atoms with Gasteiger partial charge in [-0.2, -0.15) is 26.3 Å². The van der Waals surface area contributed by atoms with Crippen LogP contribution in [0.25, 0.3) is 10.1 Å².